The Morgan fingerprint density at radius 3 is 2.61 bits per heavy atom. The molecule has 0 fully saturated rings. The number of ether oxygens (including phenoxy) is 2. The van der Waals surface area contributed by atoms with Gasteiger partial charge in [0, 0.05) is 6.07 Å². The predicted octanol–water partition coefficient (Wildman–Crippen LogP) is 2.37. The van der Waals surface area contributed by atoms with E-state index in [1.165, 1.54) is 26.4 Å². The molecule has 0 aliphatic heterocycles. The van der Waals surface area contributed by atoms with E-state index in [1.807, 2.05) is 0 Å². The SMILES string of the molecule is COc1ccc2nc(/C=C/c3ccc(O)c(OC)c3)c(=O)n(CC(=O)O)c2c1. The molecule has 0 unspecified atom stereocenters. The summed E-state index contributed by atoms with van der Waals surface area (Å²) in [6.45, 7) is -0.501. The Labute approximate surface area is 159 Å². The van der Waals surface area contributed by atoms with Crippen LogP contribution in [0.15, 0.2) is 41.2 Å². The molecule has 0 bridgehead atoms. The van der Waals surface area contributed by atoms with Crippen LogP contribution >= 0.6 is 0 Å². The Kier molecular flexibility index (Phi) is 5.30. The van der Waals surface area contributed by atoms with Gasteiger partial charge in [-0.05, 0) is 35.9 Å². The lowest BCUT2D eigenvalue weighted by molar-refractivity contribution is -0.137. The zero-order valence-corrected chi connectivity index (χ0v) is 15.2. The third-order valence-electron chi connectivity index (χ3n) is 4.11. The fraction of sp³-hybridized carbons (Fsp3) is 0.150. The zero-order chi connectivity index (χ0) is 20.3. The van der Waals surface area contributed by atoms with Gasteiger partial charge in [0.05, 0.1) is 25.3 Å². The van der Waals surface area contributed by atoms with Gasteiger partial charge in [0.25, 0.3) is 5.56 Å². The number of aromatic nitrogens is 2. The molecule has 1 aromatic heterocycles. The van der Waals surface area contributed by atoms with E-state index in [0.717, 1.165) is 4.57 Å². The Morgan fingerprint density at radius 2 is 1.93 bits per heavy atom. The van der Waals surface area contributed by atoms with E-state index >= 15 is 0 Å². The number of fused-ring (bicyclic) bond motifs is 1. The number of carboxylic acids is 1. The maximum atomic E-state index is 12.8. The van der Waals surface area contributed by atoms with Crippen LogP contribution in [0.25, 0.3) is 23.2 Å². The topological polar surface area (TPSA) is 111 Å². The Morgan fingerprint density at radius 1 is 1.14 bits per heavy atom. The summed E-state index contributed by atoms with van der Waals surface area (Å²) in [7, 11) is 2.92. The van der Waals surface area contributed by atoms with E-state index < -0.39 is 18.1 Å². The fourth-order valence-electron chi connectivity index (χ4n) is 2.74. The Balaban J connectivity index is 2.12. The van der Waals surface area contributed by atoms with E-state index in [0.29, 0.717) is 28.1 Å². The second-order valence-corrected chi connectivity index (χ2v) is 5.90. The van der Waals surface area contributed by atoms with Crippen LogP contribution < -0.4 is 15.0 Å². The molecular formula is C20H18N2O6. The van der Waals surface area contributed by atoms with E-state index in [2.05, 4.69) is 4.98 Å². The van der Waals surface area contributed by atoms with Crippen molar-refractivity contribution < 1.29 is 24.5 Å². The number of aliphatic carboxylic acids is 1. The normalized spacial score (nSPS) is 11.1. The van der Waals surface area contributed by atoms with E-state index in [9.17, 15) is 19.8 Å². The standard InChI is InChI=1S/C20H18N2O6/c1-27-13-5-7-14-16(10-13)22(11-19(24)25)20(26)15(21-14)6-3-12-4-8-17(23)18(9-12)28-2/h3-10,23H,11H2,1-2H3,(H,24,25)/b6-3+. The molecule has 28 heavy (non-hydrogen) atoms. The van der Waals surface area contributed by atoms with Crippen molar-refractivity contribution in [1.29, 1.82) is 0 Å². The molecule has 2 N–H and O–H groups in total. The molecule has 3 rings (SSSR count). The van der Waals surface area contributed by atoms with E-state index in [-0.39, 0.29) is 11.4 Å². The molecule has 8 nitrogen and oxygen atoms in total. The van der Waals surface area contributed by atoms with Gasteiger partial charge in [0.1, 0.15) is 18.0 Å². The monoisotopic (exact) mass is 382 g/mol. The van der Waals surface area contributed by atoms with E-state index in [1.54, 1.807) is 36.4 Å². The number of nitrogens with zero attached hydrogens (tertiary/aromatic N) is 2. The summed E-state index contributed by atoms with van der Waals surface area (Å²) in [4.78, 5) is 28.4. The number of phenolic OH excluding ortho intramolecular Hbond substituents is 1. The first kappa shape index (κ1) is 19.0. The highest BCUT2D eigenvalue weighted by Crippen LogP contribution is 2.27. The van der Waals surface area contributed by atoms with Crippen molar-refractivity contribution in [1.82, 2.24) is 9.55 Å². The number of rotatable bonds is 6. The second kappa shape index (κ2) is 7.83. The predicted molar refractivity (Wildman–Crippen MR) is 104 cm³/mol. The van der Waals surface area contributed by atoms with Crippen molar-refractivity contribution in [3.8, 4) is 17.2 Å². The molecule has 2 aromatic carbocycles. The van der Waals surface area contributed by atoms with Gasteiger partial charge < -0.3 is 19.7 Å². The Hall–Kier alpha value is -3.81. The lowest BCUT2D eigenvalue weighted by atomic mass is 10.1. The van der Waals surface area contributed by atoms with Crippen LogP contribution in [0.3, 0.4) is 0 Å². The summed E-state index contributed by atoms with van der Waals surface area (Å²) >= 11 is 0. The van der Waals surface area contributed by atoms with Crippen molar-refractivity contribution in [2.45, 2.75) is 6.54 Å². The molecule has 0 aliphatic rings. The first-order valence-electron chi connectivity index (χ1n) is 8.28. The molecule has 144 valence electrons. The summed E-state index contributed by atoms with van der Waals surface area (Å²) in [5.41, 5.74) is 1.06. The fourth-order valence-corrected chi connectivity index (χ4v) is 2.74. The smallest absolute Gasteiger partial charge is 0.323 e. The highest BCUT2D eigenvalue weighted by atomic mass is 16.5. The highest BCUT2D eigenvalue weighted by molar-refractivity contribution is 5.80. The lowest BCUT2D eigenvalue weighted by Gasteiger charge is -2.10. The third kappa shape index (κ3) is 3.80. The van der Waals surface area contributed by atoms with Crippen LogP contribution in [0.4, 0.5) is 0 Å². The van der Waals surface area contributed by atoms with Crippen LogP contribution in [0.5, 0.6) is 17.2 Å². The van der Waals surface area contributed by atoms with Crippen molar-refractivity contribution in [2.75, 3.05) is 14.2 Å². The van der Waals surface area contributed by atoms with Crippen molar-refractivity contribution >= 4 is 29.2 Å². The minimum atomic E-state index is -1.14. The average Bonchev–Trinajstić information content (AvgIpc) is 2.69. The number of hydrogen-bond acceptors (Lipinski definition) is 6. The first-order valence-corrected chi connectivity index (χ1v) is 8.28. The maximum absolute atomic E-state index is 12.8. The number of carbonyl (C=O) groups is 1. The van der Waals surface area contributed by atoms with Gasteiger partial charge in [0.2, 0.25) is 0 Å². The molecule has 0 aliphatic carbocycles. The number of benzene rings is 2. The van der Waals surface area contributed by atoms with Crippen molar-refractivity contribution in [3.05, 3.63) is 58.0 Å². The number of phenols is 1. The molecule has 8 heteroatoms. The van der Waals surface area contributed by atoms with Crippen molar-refractivity contribution in [3.63, 3.8) is 0 Å². The molecule has 0 radical (unpaired) electrons. The van der Waals surface area contributed by atoms with Gasteiger partial charge in [-0.2, -0.15) is 0 Å². The highest BCUT2D eigenvalue weighted by Gasteiger charge is 2.13. The van der Waals surface area contributed by atoms with Crippen molar-refractivity contribution in [2.24, 2.45) is 0 Å². The number of carboxylic acid groups (broad SMARTS) is 1. The average molecular weight is 382 g/mol. The molecule has 0 amide bonds. The van der Waals surface area contributed by atoms with Gasteiger partial charge in [-0.15, -0.1) is 0 Å². The maximum Gasteiger partial charge on any atom is 0.323 e. The van der Waals surface area contributed by atoms with Gasteiger partial charge in [-0.3, -0.25) is 14.2 Å². The van der Waals surface area contributed by atoms with Crippen LogP contribution in [-0.2, 0) is 11.3 Å². The largest absolute Gasteiger partial charge is 0.504 e. The molecule has 0 saturated heterocycles. The lowest BCUT2D eigenvalue weighted by Crippen LogP contribution is -2.27. The quantitative estimate of drug-likeness (QED) is 0.673. The van der Waals surface area contributed by atoms with Crippen LogP contribution in [0.1, 0.15) is 11.3 Å². The molecule has 0 atom stereocenters. The third-order valence-corrected chi connectivity index (χ3v) is 4.11. The number of methoxy groups -OCH3 is 2. The van der Waals surface area contributed by atoms with Gasteiger partial charge in [-0.1, -0.05) is 12.1 Å². The summed E-state index contributed by atoms with van der Waals surface area (Å²) in [5.74, 6) is -0.354. The Bertz CT molecular complexity index is 1130. The van der Waals surface area contributed by atoms with Crippen LogP contribution in [0.2, 0.25) is 0 Å². The van der Waals surface area contributed by atoms with Crippen LogP contribution in [0, 0.1) is 0 Å². The summed E-state index contributed by atoms with van der Waals surface area (Å²) in [6, 6.07) is 9.64. The van der Waals surface area contributed by atoms with Gasteiger partial charge in [-0.25, -0.2) is 4.98 Å². The second-order valence-electron chi connectivity index (χ2n) is 5.90. The molecular weight excluding hydrogens is 364 g/mol. The number of aromatic hydroxyl groups is 1. The minimum absolute atomic E-state index is 0.00115. The molecule has 3 aromatic rings. The first-order chi connectivity index (χ1) is 13.4. The number of hydrogen-bond donors (Lipinski definition) is 2. The van der Waals surface area contributed by atoms with Gasteiger partial charge in [0.15, 0.2) is 11.5 Å². The summed E-state index contributed by atoms with van der Waals surface area (Å²) in [6.07, 6.45) is 3.13. The van der Waals surface area contributed by atoms with E-state index in [4.69, 9.17) is 9.47 Å². The summed E-state index contributed by atoms with van der Waals surface area (Å²) < 4.78 is 11.4. The molecule has 1 heterocycles. The molecule has 0 saturated carbocycles. The summed E-state index contributed by atoms with van der Waals surface area (Å²) in [5, 5.41) is 18.9. The van der Waals surface area contributed by atoms with Crippen LogP contribution in [-0.4, -0.2) is 40.0 Å². The minimum Gasteiger partial charge on any atom is -0.504 e. The van der Waals surface area contributed by atoms with Gasteiger partial charge >= 0.3 is 5.97 Å². The zero-order valence-electron chi connectivity index (χ0n) is 15.2. The molecule has 0 spiro atoms.